The third-order valence-corrected chi connectivity index (χ3v) is 3.33. The van der Waals surface area contributed by atoms with Crippen LogP contribution in [0.5, 0.6) is 0 Å². The summed E-state index contributed by atoms with van der Waals surface area (Å²) in [5.74, 6) is -5.32. The minimum absolute atomic E-state index is 0.122. The van der Waals surface area contributed by atoms with Gasteiger partial charge in [0.2, 0.25) is 0 Å². The molecule has 0 N–H and O–H groups in total. The lowest BCUT2D eigenvalue weighted by Gasteiger charge is -2.16. The fourth-order valence-electron chi connectivity index (χ4n) is 1.63. The third kappa shape index (κ3) is 4.89. The number of hydrogen-bond donors (Lipinski definition) is 0. The van der Waals surface area contributed by atoms with E-state index >= 15 is 0 Å². The van der Waals surface area contributed by atoms with Crippen molar-refractivity contribution in [3.63, 3.8) is 0 Å². The maximum Gasteiger partial charge on any atom is 0.450 e. The Morgan fingerprint density at radius 2 is 1.86 bits per heavy atom. The van der Waals surface area contributed by atoms with Crippen LogP contribution in [0.1, 0.15) is 12.5 Å². The molecule has 1 atom stereocenters. The SMILES string of the molecule is CCOC(=O)C(Cc1ccc(Cl)c(Cl)c1)C(=O)C(F)(F)F. The van der Waals surface area contributed by atoms with Crippen LogP contribution in [0.15, 0.2) is 18.2 Å². The van der Waals surface area contributed by atoms with Gasteiger partial charge in [0.05, 0.1) is 16.7 Å². The van der Waals surface area contributed by atoms with E-state index in [0.29, 0.717) is 0 Å². The topological polar surface area (TPSA) is 43.4 Å². The Bertz CT molecular complexity index is 544. The number of ether oxygens (including phenoxy) is 1. The summed E-state index contributed by atoms with van der Waals surface area (Å²) in [6.45, 7) is 1.31. The summed E-state index contributed by atoms with van der Waals surface area (Å²) in [7, 11) is 0. The standard InChI is InChI=1S/C13H11Cl2F3O3/c1-2-21-12(20)8(11(19)13(16,17)18)5-7-3-4-9(14)10(15)6-7/h3-4,6,8H,2,5H2,1H3. The number of carbonyl (C=O) groups is 2. The Balaban J connectivity index is 3.04. The van der Waals surface area contributed by atoms with Gasteiger partial charge in [0.15, 0.2) is 0 Å². The molecule has 0 aliphatic rings. The maximum absolute atomic E-state index is 12.5. The molecular weight excluding hydrogens is 332 g/mol. The molecule has 0 aliphatic carbocycles. The number of alkyl halides is 3. The lowest BCUT2D eigenvalue weighted by atomic mass is 9.95. The molecule has 8 heteroatoms. The number of ketones is 1. The zero-order chi connectivity index (χ0) is 16.2. The fraction of sp³-hybridized carbons (Fsp3) is 0.385. The number of Topliss-reactive ketones (excluding diaryl/α,β-unsaturated/α-hetero) is 1. The molecule has 116 valence electrons. The van der Waals surface area contributed by atoms with Gasteiger partial charge in [-0.25, -0.2) is 0 Å². The highest BCUT2D eigenvalue weighted by atomic mass is 35.5. The zero-order valence-corrected chi connectivity index (χ0v) is 12.4. The molecule has 1 aromatic carbocycles. The summed E-state index contributed by atoms with van der Waals surface area (Å²) in [6, 6.07) is 4.07. The number of hydrogen-bond acceptors (Lipinski definition) is 3. The third-order valence-electron chi connectivity index (χ3n) is 2.59. The molecule has 0 saturated heterocycles. The molecule has 0 fully saturated rings. The highest BCUT2D eigenvalue weighted by molar-refractivity contribution is 6.42. The second kappa shape index (κ2) is 7.13. The van der Waals surface area contributed by atoms with Crippen LogP contribution >= 0.6 is 23.2 Å². The Kier molecular flexibility index (Phi) is 6.04. The minimum atomic E-state index is -5.12. The lowest BCUT2D eigenvalue weighted by Crippen LogP contribution is -2.37. The van der Waals surface area contributed by atoms with Crippen molar-refractivity contribution in [1.82, 2.24) is 0 Å². The van der Waals surface area contributed by atoms with Crippen LogP contribution in [0.2, 0.25) is 10.0 Å². The zero-order valence-electron chi connectivity index (χ0n) is 10.8. The van der Waals surface area contributed by atoms with Crippen molar-refractivity contribution in [1.29, 1.82) is 0 Å². The van der Waals surface area contributed by atoms with Crippen LogP contribution in [0.25, 0.3) is 0 Å². The number of halogens is 5. The average Bonchev–Trinajstić information content (AvgIpc) is 2.38. The molecule has 1 aromatic rings. The van der Waals surface area contributed by atoms with Gasteiger partial charge in [-0.1, -0.05) is 29.3 Å². The van der Waals surface area contributed by atoms with Gasteiger partial charge in [-0.3, -0.25) is 9.59 Å². The average molecular weight is 343 g/mol. The van der Waals surface area contributed by atoms with Crippen molar-refractivity contribution < 1.29 is 27.5 Å². The monoisotopic (exact) mass is 342 g/mol. The second-order valence-electron chi connectivity index (χ2n) is 4.12. The summed E-state index contributed by atoms with van der Waals surface area (Å²) in [5.41, 5.74) is 0.278. The predicted molar refractivity (Wildman–Crippen MR) is 71.4 cm³/mol. The van der Waals surface area contributed by atoms with Crippen LogP contribution in [0.4, 0.5) is 13.2 Å². The maximum atomic E-state index is 12.5. The van der Waals surface area contributed by atoms with Crippen LogP contribution in [0, 0.1) is 5.92 Å². The summed E-state index contributed by atoms with van der Waals surface area (Å²) >= 11 is 11.4. The number of esters is 1. The largest absolute Gasteiger partial charge is 0.465 e. The normalized spacial score (nSPS) is 12.9. The van der Waals surface area contributed by atoms with E-state index in [0.717, 1.165) is 0 Å². The van der Waals surface area contributed by atoms with E-state index in [9.17, 15) is 22.8 Å². The van der Waals surface area contributed by atoms with Crippen LogP contribution in [-0.2, 0) is 20.7 Å². The van der Waals surface area contributed by atoms with Gasteiger partial charge >= 0.3 is 12.1 Å². The van der Waals surface area contributed by atoms with Crippen molar-refractivity contribution in [3.8, 4) is 0 Å². The molecule has 0 aromatic heterocycles. The summed E-state index contributed by atoms with van der Waals surface area (Å²) in [6.07, 6.45) is -5.58. The molecule has 21 heavy (non-hydrogen) atoms. The number of rotatable bonds is 5. The summed E-state index contributed by atoms with van der Waals surface area (Å²) in [4.78, 5) is 22.9. The number of carbonyl (C=O) groups excluding carboxylic acids is 2. The second-order valence-corrected chi connectivity index (χ2v) is 4.93. The van der Waals surface area contributed by atoms with E-state index in [-0.39, 0.29) is 22.2 Å². The summed E-state index contributed by atoms with van der Waals surface area (Å²) < 4.78 is 42.2. The first-order chi connectivity index (χ1) is 9.66. The molecule has 0 heterocycles. The van der Waals surface area contributed by atoms with Crippen LogP contribution in [-0.4, -0.2) is 24.5 Å². The molecule has 0 aliphatic heterocycles. The first-order valence-corrected chi connectivity index (χ1v) is 6.64. The van der Waals surface area contributed by atoms with Crippen molar-refractivity contribution in [3.05, 3.63) is 33.8 Å². The predicted octanol–water partition coefficient (Wildman–Crippen LogP) is 3.85. The van der Waals surface area contributed by atoms with E-state index in [1.807, 2.05) is 0 Å². The smallest absolute Gasteiger partial charge is 0.450 e. The van der Waals surface area contributed by atoms with Crippen LogP contribution in [0.3, 0.4) is 0 Å². The Morgan fingerprint density at radius 3 is 2.33 bits per heavy atom. The molecule has 0 radical (unpaired) electrons. The van der Waals surface area contributed by atoms with E-state index in [1.165, 1.54) is 25.1 Å². The Labute approximate surface area is 129 Å². The van der Waals surface area contributed by atoms with E-state index < -0.39 is 30.3 Å². The van der Waals surface area contributed by atoms with Crippen molar-refractivity contribution in [2.24, 2.45) is 5.92 Å². The van der Waals surface area contributed by atoms with E-state index in [2.05, 4.69) is 4.74 Å². The van der Waals surface area contributed by atoms with Gasteiger partial charge in [0, 0.05) is 0 Å². The van der Waals surface area contributed by atoms with Crippen molar-refractivity contribution >= 4 is 35.0 Å². The molecule has 1 rings (SSSR count). The number of benzene rings is 1. The minimum Gasteiger partial charge on any atom is -0.465 e. The Hall–Kier alpha value is -1.27. The van der Waals surface area contributed by atoms with Crippen molar-refractivity contribution in [2.75, 3.05) is 6.61 Å². The molecule has 0 bridgehead atoms. The molecule has 0 spiro atoms. The molecular formula is C13H11Cl2F3O3. The van der Waals surface area contributed by atoms with E-state index in [1.54, 1.807) is 0 Å². The van der Waals surface area contributed by atoms with Gasteiger partial charge in [0.1, 0.15) is 5.92 Å². The summed E-state index contributed by atoms with van der Waals surface area (Å²) in [5, 5.41) is 0.339. The molecule has 0 saturated carbocycles. The highest BCUT2D eigenvalue weighted by Crippen LogP contribution is 2.27. The van der Waals surface area contributed by atoms with Gasteiger partial charge in [-0.05, 0) is 31.0 Å². The Morgan fingerprint density at radius 1 is 1.24 bits per heavy atom. The van der Waals surface area contributed by atoms with Gasteiger partial charge in [-0.2, -0.15) is 13.2 Å². The quantitative estimate of drug-likeness (QED) is 0.603. The first kappa shape index (κ1) is 17.8. The fourth-order valence-corrected chi connectivity index (χ4v) is 1.95. The van der Waals surface area contributed by atoms with Crippen LogP contribution < -0.4 is 0 Å². The first-order valence-electron chi connectivity index (χ1n) is 5.88. The van der Waals surface area contributed by atoms with Gasteiger partial charge in [-0.15, -0.1) is 0 Å². The highest BCUT2D eigenvalue weighted by Gasteiger charge is 2.46. The van der Waals surface area contributed by atoms with Gasteiger partial charge in [0.25, 0.3) is 5.78 Å². The molecule has 3 nitrogen and oxygen atoms in total. The van der Waals surface area contributed by atoms with Gasteiger partial charge < -0.3 is 4.74 Å². The van der Waals surface area contributed by atoms with Crippen molar-refractivity contribution in [2.45, 2.75) is 19.5 Å². The van der Waals surface area contributed by atoms with E-state index in [4.69, 9.17) is 23.2 Å². The lowest BCUT2D eigenvalue weighted by molar-refractivity contribution is -0.180. The molecule has 0 amide bonds. The molecule has 1 unspecified atom stereocenters.